The van der Waals surface area contributed by atoms with E-state index < -0.39 is 0 Å². The zero-order valence-electron chi connectivity index (χ0n) is 10.4. The van der Waals surface area contributed by atoms with Gasteiger partial charge in [-0.25, -0.2) is 0 Å². The SMILES string of the molecule is CC(CN)CNC(=O)c1ccc2ncccc2c1. The Bertz CT molecular complexity index is 553. The average Bonchev–Trinajstić information content (AvgIpc) is 2.43. The Kier molecular flexibility index (Phi) is 3.89. The second kappa shape index (κ2) is 5.60. The topological polar surface area (TPSA) is 68.0 Å². The van der Waals surface area contributed by atoms with Crippen molar-refractivity contribution < 1.29 is 4.79 Å². The van der Waals surface area contributed by atoms with Crippen LogP contribution in [0.4, 0.5) is 0 Å². The lowest BCUT2D eigenvalue weighted by Crippen LogP contribution is -2.31. The van der Waals surface area contributed by atoms with Crippen LogP contribution in [0.25, 0.3) is 10.9 Å². The molecule has 0 saturated heterocycles. The minimum absolute atomic E-state index is 0.0685. The van der Waals surface area contributed by atoms with E-state index in [-0.39, 0.29) is 11.8 Å². The van der Waals surface area contributed by atoms with E-state index in [4.69, 9.17) is 5.73 Å². The van der Waals surface area contributed by atoms with Crippen molar-refractivity contribution >= 4 is 16.8 Å². The van der Waals surface area contributed by atoms with Crippen molar-refractivity contribution in [2.24, 2.45) is 11.7 Å². The molecule has 0 aliphatic rings. The summed E-state index contributed by atoms with van der Waals surface area (Å²) < 4.78 is 0. The first-order valence-electron chi connectivity index (χ1n) is 6.03. The van der Waals surface area contributed by atoms with Crippen molar-refractivity contribution in [3.8, 4) is 0 Å². The number of amides is 1. The highest BCUT2D eigenvalue weighted by molar-refractivity contribution is 5.97. The molecule has 0 aliphatic heterocycles. The predicted molar refractivity (Wildman–Crippen MR) is 72.3 cm³/mol. The molecule has 0 saturated carbocycles. The van der Waals surface area contributed by atoms with E-state index in [2.05, 4.69) is 10.3 Å². The quantitative estimate of drug-likeness (QED) is 0.856. The molecule has 4 nitrogen and oxygen atoms in total. The van der Waals surface area contributed by atoms with Gasteiger partial charge in [0.05, 0.1) is 5.52 Å². The molecule has 0 bridgehead atoms. The molecule has 0 spiro atoms. The zero-order valence-corrected chi connectivity index (χ0v) is 10.4. The Morgan fingerprint density at radius 2 is 2.28 bits per heavy atom. The van der Waals surface area contributed by atoms with Crippen molar-refractivity contribution in [2.75, 3.05) is 13.1 Å². The summed E-state index contributed by atoms with van der Waals surface area (Å²) in [5.74, 6) is 0.220. The molecule has 1 atom stereocenters. The number of carbonyl (C=O) groups excluding carboxylic acids is 1. The lowest BCUT2D eigenvalue weighted by Gasteiger charge is -2.10. The molecule has 1 aromatic heterocycles. The van der Waals surface area contributed by atoms with Gasteiger partial charge in [0.2, 0.25) is 0 Å². The number of rotatable bonds is 4. The molecule has 1 amide bonds. The molecular weight excluding hydrogens is 226 g/mol. The average molecular weight is 243 g/mol. The number of carbonyl (C=O) groups is 1. The summed E-state index contributed by atoms with van der Waals surface area (Å²) in [5, 5.41) is 3.84. The van der Waals surface area contributed by atoms with Gasteiger partial charge in [-0.2, -0.15) is 0 Å². The van der Waals surface area contributed by atoms with Gasteiger partial charge in [0.25, 0.3) is 5.91 Å². The number of nitrogens with zero attached hydrogens (tertiary/aromatic N) is 1. The largest absolute Gasteiger partial charge is 0.352 e. The van der Waals surface area contributed by atoms with Gasteiger partial charge in [0.1, 0.15) is 0 Å². The first-order chi connectivity index (χ1) is 8.70. The van der Waals surface area contributed by atoms with Crippen LogP contribution < -0.4 is 11.1 Å². The van der Waals surface area contributed by atoms with Crippen LogP contribution in [0.2, 0.25) is 0 Å². The van der Waals surface area contributed by atoms with Crippen LogP contribution in [0.1, 0.15) is 17.3 Å². The third kappa shape index (κ3) is 2.84. The van der Waals surface area contributed by atoms with Crippen LogP contribution in [0.15, 0.2) is 36.5 Å². The number of pyridine rings is 1. The third-order valence-corrected chi connectivity index (χ3v) is 2.88. The molecule has 4 heteroatoms. The van der Waals surface area contributed by atoms with Gasteiger partial charge in [0, 0.05) is 23.7 Å². The molecule has 18 heavy (non-hydrogen) atoms. The first-order valence-corrected chi connectivity index (χ1v) is 6.03. The summed E-state index contributed by atoms with van der Waals surface area (Å²) in [7, 11) is 0. The van der Waals surface area contributed by atoms with Crippen molar-refractivity contribution in [1.82, 2.24) is 10.3 Å². The number of fused-ring (bicyclic) bond motifs is 1. The fourth-order valence-electron chi connectivity index (χ4n) is 1.67. The van der Waals surface area contributed by atoms with Crippen LogP contribution in [0, 0.1) is 5.92 Å². The van der Waals surface area contributed by atoms with Crippen molar-refractivity contribution in [1.29, 1.82) is 0 Å². The Labute approximate surface area is 106 Å². The van der Waals surface area contributed by atoms with Crippen LogP contribution in [0.3, 0.4) is 0 Å². The number of nitrogens with one attached hydrogen (secondary N) is 1. The Balaban J connectivity index is 2.13. The summed E-state index contributed by atoms with van der Waals surface area (Å²) in [5.41, 5.74) is 7.06. The predicted octanol–water partition coefficient (Wildman–Crippen LogP) is 1.56. The normalized spacial score (nSPS) is 12.3. The molecule has 2 aromatic rings. The van der Waals surface area contributed by atoms with Gasteiger partial charge in [-0.05, 0) is 36.7 Å². The summed E-state index contributed by atoms with van der Waals surface area (Å²) in [6, 6.07) is 9.31. The van der Waals surface area contributed by atoms with E-state index in [1.807, 2.05) is 31.2 Å². The minimum Gasteiger partial charge on any atom is -0.352 e. The Morgan fingerprint density at radius 3 is 3.06 bits per heavy atom. The van der Waals surface area contributed by atoms with Gasteiger partial charge in [-0.15, -0.1) is 0 Å². The van der Waals surface area contributed by atoms with E-state index in [1.54, 1.807) is 12.3 Å². The minimum atomic E-state index is -0.0685. The standard InChI is InChI=1S/C14H17N3O/c1-10(8-15)9-17-14(18)12-4-5-13-11(7-12)3-2-6-16-13/h2-7,10H,8-9,15H2,1H3,(H,17,18). The van der Waals surface area contributed by atoms with Gasteiger partial charge >= 0.3 is 0 Å². The number of nitrogens with two attached hydrogens (primary N) is 1. The summed E-state index contributed by atoms with van der Waals surface area (Å²) in [6.07, 6.45) is 1.74. The summed E-state index contributed by atoms with van der Waals surface area (Å²) in [6.45, 7) is 3.17. The van der Waals surface area contributed by atoms with Crippen molar-refractivity contribution in [2.45, 2.75) is 6.92 Å². The molecule has 1 unspecified atom stereocenters. The summed E-state index contributed by atoms with van der Waals surface area (Å²) in [4.78, 5) is 16.2. The molecule has 0 radical (unpaired) electrons. The molecule has 1 heterocycles. The van der Waals surface area contributed by atoms with Crippen molar-refractivity contribution in [3.63, 3.8) is 0 Å². The second-order valence-electron chi connectivity index (χ2n) is 4.46. The molecule has 0 aliphatic carbocycles. The van der Waals surface area contributed by atoms with Gasteiger partial charge < -0.3 is 11.1 Å². The lowest BCUT2D eigenvalue weighted by atomic mass is 10.1. The van der Waals surface area contributed by atoms with E-state index in [9.17, 15) is 4.79 Å². The van der Waals surface area contributed by atoms with Crippen LogP contribution in [-0.2, 0) is 0 Å². The molecule has 2 rings (SSSR count). The second-order valence-corrected chi connectivity index (χ2v) is 4.46. The maximum absolute atomic E-state index is 11.9. The number of aromatic nitrogens is 1. The van der Waals surface area contributed by atoms with Crippen LogP contribution in [0.5, 0.6) is 0 Å². The van der Waals surface area contributed by atoms with Crippen molar-refractivity contribution in [3.05, 3.63) is 42.1 Å². The zero-order chi connectivity index (χ0) is 13.0. The maximum atomic E-state index is 11.9. The fourth-order valence-corrected chi connectivity index (χ4v) is 1.67. The first kappa shape index (κ1) is 12.5. The molecule has 0 fully saturated rings. The number of hydrogen-bond donors (Lipinski definition) is 2. The maximum Gasteiger partial charge on any atom is 0.251 e. The molecule has 3 N–H and O–H groups in total. The Hall–Kier alpha value is -1.94. The van der Waals surface area contributed by atoms with E-state index >= 15 is 0 Å². The fraction of sp³-hybridized carbons (Fsp3) is 0.286. The van der Waals surface area contributed by atoms with Gasteiger partial charge in [-0.3, -0.25) is 9.78 Å². The van der Waals surface area contributed by atoms with E-state index in [0.717, 1.165) is 10.9 Å². The molecule has 94 valence electrons. The smallest absolute Gasteiger partial charge is 0.251 e. The highest BCUT2D eigenvalue weighted by Crippen LogP contribution is 2.13. The Morgan fingerprint density at radius 1 is 1.44 bits per heavy atom. The third-order valence-electron chi connectivity index (χ3n) is 2.88. The number of hydrogen-bond acceptors (Lipinski definition) is 3. The lowest BCUT2D eigenvalue weighted by molar-refractivity contribution is 0.0948. The summed E-state index contributed by atoms with van der Waals surface area (Å²) >= 11 is 0. The van der Waals surface area contributed by atoms with Gasteiger partial charge in [0.15, 0.2) is 0 Å². The van der Waals surface area contributed by atoms with E-state index in [0.29, 0.717) is 18.7 Å². The molecular formula is C14H17N3O. The van der Waals surface area contributed by atoms with E-state index in [1.165, 1.54) is 0 Å². The highest BCUT2D eigenvalue weighted by Gasteiger charge is 2.07. The molecule has 1 aromatic carbocycles. The number of benzene rings is 1. The highest BCUT2D eigenvalue weighted by atomic mass is 16.1. The monoisotopic (exact) mass is 243 g/mol. The van der Waals surface area contributed by atoms with Crippen LogP contribution >= 0.6 is 0 Å². The van der Waals surface area contributed by atoms with Gasteiger partial charge in [-0.1, -0.05) is 13.0 Å². The van der Waals surface area contributed by atoms with Crippen LogP contribution in [-0.4, -0.2) is 24.0 Å².